The molecule has 0 saturated heterocycles. The van der Waals surface area contributed by atoms with Crippen molar-refractivity contribution in [1.29, 1.82) is 0 Å². The molecule has 3 nitrogen and oxygen atoms in total. The van der Waals surface area contributed by atoms with Crippen LogP contribution in [0.15, 0.2) is 59.8 Å². The molecule has 0 saturated carbocycles. The average Bonchev–Trinajstić information content (AvgIpc) is 2.47. The normalized spacial score (nSPS) is 24.4. The van der Waals surface area contributed by atoms with Gasteiger partial charge in [0.15, 0.2) is 5.11 Å². The van der Waals surface area contributed by atoms with Crippen molar-refractivity contribution in [3.63, 3.8) is 0 Å². The highest BCUT2D eigenvalue weighted by Gasteiger charge is 2.59. The lowest BCUT2D eigenvalue weighted by Gasteiger charge is -2.41. The molecule has 0 radical (unpaired) electrons. The van der Waals surface area contributed by atoms with Gasteiger partial charge in [0.25, 0.3) is 5.66 Å². The number of alkyl halides is 3. The molecule has 0 bridgehead atoms. The van der Waals surface area contributed by atoms with Gasteiger partial charge in [-0.3, -0.25) is 4.90 Å². The highest BCUT2D eigenvalue weighted by atomic mass is 32.1. The largest absolute Gasteiger partial charge is 0.436 e. The molecule has 3 rings (SSSR count). The summed E-state index contributed by atoms with van der Waals surface area (Å²) in [6.07, 6.45) is 1.73. The summed E-state index contributed by atoms with van der Waals surface area (Å²) in [5, 5.41) is 2.31. The maximum atomic E-state index is 13.7. The minimum atomic E-state index is -4.63. The minimum Gasteiger partial charge on any atom is -0.326 e. The number of nitrogens with one attached hydrogen (secondary N) is 1. The van der Waals surface area contributed by atoms with Crippen LogP contribution in [0.4, 0.5) is 13.2 Å². The number of amidine groups is 1. The summed E-state index contributed by atoms with van der Waals surface area (Å²) in [5.41, 5.74) is -2.57. The fraction of sp³-hybridized carbons (Fsp3) is 0.143. The molecule has 2 aliphatic heterocycles. The predicted molar refractivity (Wildman–Crippen MR) is 77.5 cm³/mol. The van der Waals surface area contributed by atoms with Crippen LogP contribution in [-0.2, 0) is 5.66 Å². The zero-order valence-corrected chi connectivity index (χ0v) is 11.4. The Kier molecular flexibility index (Phi) is 3.09. The van der Waals surface area contributed by atoms with E-state index in [9.17, 15) is 13.2 Å². The Bertz CT molecular complexity index is 664. The zero-order chi connectivity index (χ0) is 15.1. The fourth-order valence-corrected chi connectivity index (χ4v) is 2.53. The minimum absolute atomic E-state index is 0.00467. The molecule has 1 atom stereocenters. The summed E-state index contributed by atoms with van der Waals surface area (Å²) in [5.74, 6) is 0.155. The van der Waals surface area contributed by atoms with E-state index in [0.717, 1.165) is 0 Å². The van der Waals surface area contributed by atoms with E-state index in [2.05, 4.69) is 10.3 Å². The lowest BCUT2D eigenvalue weighted by Crippen LogP contribution is -2.62. The molecular weight excluding hydrogens is 299 g/mol. The van der Waals surface area contributed by atoms with Crippen molar-refractivity contribution < 1.29 is 13.2 Å². The van der Waals surface area contributed by atoms with Crippen molar-refractivity contribution in [2.45, 2.75) is 11.8 Å². The van der Waals surface area contributed by atoms with E-state index in [4.69, 9.17) is 12.2 Å². The Balaban J connectivity index is 2.21. The number of benzene rings is 1. The molecule has 0 spiro atoms. The first-order valence-electron chi connectivity index (χ1n) is 6.12. The van der Waals surface area contributed by atoms with Gasteiger partial charge in [-0.15, -0.1) is 0 Å². The molecule has 108 valence electrons. The standard InChI is InChI=1S/C14H10F3N3S/c15-14(16,17)13(10-6-2-1-3-7-10)18-11-8-4-5-9-20(11)12(21)19-13/h1-9H,(H,19,21)/t13-/m0/s1. The Morgan fingerprint density at radius 2 is 1.86 bits per heavy atom. The fourth-order valence-electron chi connectivity index (χ4n) is 2.23. The highest BCUT2D eigenvalue weighted by molar-refractivity contribution is 7.80. The van der Waals surface area contributed by atoms with Crippen molar-refractivity contribution in [3.05, 3.63) is 60.3 Å². The molecule has 1 N–H and O–H groups in total. The molecule has 1 aromatic carbocycles. The van der Waals surface area contributed by atoms with E-state index in [1.807, 2.05) is 0 Å². The Morgan fingerprint density at radius 1 is 1.14 bits per heavy atom. The van der Waals surface area contributed by atoms with Crippen LogP contribution in [-0.4, -0.2) is 22.0 Å². The molecule has 2 aliphatic rings. The molecule has 0 unspecified atom stereocenters. The first-order chi connectivity index (χ1) is 9.94. The van der Waals surface area contributed by atoms with Crippen LogP contribution in [0.1, 0.15) is 5.56 Å². The van der Waals surface area contributed by atoms with Crippen molar-refractivity contribution in [2.75, 3.05) is 0 Å². The summed E-state index contributed by atoms with van der Waals surface area (Å²) < 4.78 is 41.2. The van der Waals surface area contributed by atoms with Gasteiger partial charge in [0.2, 0.25) is 0 Å². The summed E-state index contributed by atoms with van der Waals surface area (Å²) in [7, 11) is 0. The van der Waals surface area contributed by atoms with E-state index in [1.54, 1.807) is 24.4 Å². The lowest BCUT2D eigenvalue weighted by molar-refractivity contribution is -0.194. The third kappa shape index (κ3) is 2.13. The van der Waals surface area contributed by atoms with Gasteiger partial charge in [-0.25, -0.2) is 4.99 Å². The number of halogens is 3. The quantitative estimate of drug-likeness (QED) is 0.808. The monoisotopic (exact) mass is 309 g/mol. The van der Waals surface area contributed by atoms with Gasteiger partial charge in [0.05, 0.1) is 0 Å². The number of hydrogen-bond acceptors (Lipinski definition) is 2. The molecule has 21 heavy (non-hydrogen) atoms. The molecule has 0 aromatic heterocycles. The number of nitrogens with zero attached hydrogens (tertiary/aromatic N) is 2. The lowest BCUT2D eigenvalue weighted by atomic mass is 9.98. The molecular formula is C14H10F3N3S. The van der Waals surface area contributed by atoms with Gasteiger partial charge in [0, 0.05) is 11.8 Å². The molecule has 1 aromatic rings. The Labute approximate surface area is 124 Å². The van der Waals surface area contributed by atoms with E-state index < -0.39 is 11.8 Å². The number of thiocarbonyl (C=S) groups is 1. The summed E-state index contributed by atoms with van der Waals surface area (Å²) >= 11 is 5.07. The van der Waals surface area contributed by atoms with E-state index in [1.165, 1.54) is 35.2 Å². The summed E-state index contributed by atoms with van der Waals surface area (Å²) in [6, 6.07) is 7.49. The van der Waals surface area contributed by atoms with Crippen LogP contribution in [0.25, 0.3) is 0 Å². The third-order valence-corrected chi connectivity index (χ3v) is 3.53. The van der Waals surface area contributed by atoms with Gasteiger partial charge in [-0.05, 0) is 24.4 Å². The van der Waals surface area contributed by atoms with Crippen LogP contribution in [0.2, 0.25) is 0 Å². The number of hydrogen-bond donors (Lipinski definition) is 1. The molecule has 0 aliphatic carbocycles. The summed E-state index contributed by atoms with van der Waals surface area (Å²) in [6.45, 7) is 0. The number of fused-ring (bicyclic) bond motifs is 1. The second-order valence-electron chi connectivity index (χ2n) is 4.54. The van der Waals surface area contributed by atoms with E-state index in [0.29, 0.717) is 0 Å². The molecule has 7 heteroatoms. The van der Waals surface area contributed by atoms with Crippen LogP contribution < -0.4 is 5.32 Å². The molecule has 2 heterocycles. The van der Waals surface area contributed by atoms with Crippen molar-refractivity contribution in [1.82, 2.24) is 10.2 Å². The van der Waals surface area contributed by atoms with Crippen molar-refractivity contribution >= 4 is 23.2 Å². The van der Waals surface area contributed by atoms with Crippen LogP contribution in [0.3, 0.4) is 0 Å². The van der Waals surface area contributed by atoms with Gasteiger partial charge < -0.3 is 5.32 Å². The maximum Gasteiger partial charge on any atom is 0.436 e. The molecule has 0 amide bonds. The predicted octanol–water partition coefficient (Wildman–Crippen LogP) is 3.07. The zero-order valence-electron chi connectivity index (χ0n) is 10.6. The van der Waals surface area contributed by atoms with Gasteiger partial charge in [-0.2, -0.15) is 13.2 Å². The second kappa shape index (κ2) is 4.70. The van der Waals surface area contributed by atoms with Gasteiger partial charge in [0.1, 0.15) is 5.84 Å². The molecule has 0 fully saturated rings. The number of aliphatic imine (C=N–C) groups is 1. The van der Waals surface area contributed by atoms with Gasteiger partial charge in [-0.1, -0.05) is 36.4 Å². The third-order valence-electron chi connectivity index (χ3n) is 3.23. The topological polar surface area (TPSA) is 27.6 Å². The van der Waals surface area contributed by atoms with Crippen LogP contribution in [0, 0.1) is 0 Å². The number of allylic oxidation sites excluding steroid dienone is 2. The first-order valence-corrected chi connectivity index (χ1v) is 6.53. The summed E-state index contributed by atoms with van der Waals surface area (Å²) in [4.78, 5) is 5.31. The van der Waals surface area contributed by atoms with E-state index in [-0.39, 0.29) is 16.5 Å². The Hall–Kier alpha value is -2.15. The highest BCUT2D eigenvalue weighted by Crippen LogP contribution is 2.42. The van der Waals surface area contributed by atoms with Crippen molar-refractivity contribution in [2.24, 2.45) is 4.99 Å². The van der Waals surface area contributed by atoms with Crippen LogP contribution in [0.5, 0.6) is 0 Å². The first kappa shape index (κ1) is 13.8. The van der Waals surface area contributed by atoms with Crippen molar-refractivity contribution in [3.8, 4) is 0 Å². The second-order valence-corrected chi connectivity index (χ2v) is 4.93. The average molecular weight is 309 g/mol. The SMILES string of the molecule is FC(F)(F)[C@@]1(c2ccccc2)N=C2C=CC=CN2C(=S)N1. The van der Waals surface area contributed by atoms with E-state index >= 15 is 0 Å². The van der Waals surface area contributed by atoms with Crippen LogP contribution >= 0.6 is 12.2 Å². The maximum absolute atomic E-state index is 13.7. The smallest absolute Gasteiger partial charge is 0.326 e. The Morgan fingerprint density at radius 3 is 2.52 bits per heavy atom. The van der Waals surface area contributed by atoms with Gasteiger partial charge >= 0.3 is 6.18 Å². The number of rotatable bonds is 1.